The lowest BCUT2D eigenvalue weighted by Gasteiger charge is -2.23. The molecule has 22 heavy (non-hydrogen) atoms. The van der Waals surface area contributed by atoms with Crippen LogP contribution in [0.3, 0.4) is 0 Å². The quantitative estimate of drug-likeness (QED) is 0.830. The minimum absolute atomic E-state index is 0.0729. The van der Waals surface area contributed by atoms with Crippen molar-refractivity contribution in [3.8, 4) is 6.07 Å². The summed E-state index contributed by atoms with van der Waals surface area (Å²) >= 11 is 0. The van der Waals surface area contributed by atoms with E-state index in [2.05, 4.69) is 10.6 Å². The highest BCUT2D eigenvalue weighted by Crippen LogP contribution is 2.10. The molecule has 0 saturated heterocycles. The molecule has 118 valence electrons. The van der Waals surface area contributed by atoms with Gasteiger partial charge in [-0.05, 0) is 52.1 Å². The zero-order valence-corrected chi connectivity index (χ0v) is 13.4. The Morgan fingerprint density at radius 3 is 2.32 bits per heavy atom. The predicted octanol–water partition coefficient (Wildman–Crippen LogP) is 1.34. The molecule has 0 unspecified atom stereocenters. The van der Waals surface area contributed by atoms with Crippen molar-refractivity contribution >= 4 is 17.5 Å². The van der Waals surface area contributed by atoms with Crippen LogP contribution in [0.2, 0.25) is 0 Å². The molecule has 0 aliphatic rings. The van der Waals surface area contributed by atoms with Gasteiger partial charge in [-0.3, -0.25) is 14.5 Å². The van der Waals surface area contributed by atoms with E-state index < -0.39 is 6.04 Å². The number of amides is 2. The Kier molecular flexibility index (Phi) is 6.54. The third-order valence-electron chi connectivity index (χ3n) is 3.16. The Morgan fingerprint density at radius 1 is 1.23 bits per heavy atom. The van der Waals surface area contributed by atoms with Crippen LogP contribution in [-0.4, -0.2) is 42.4 Å². The molecule has 1 aromatic rings. The van der Waals surface area contributed by atoms with Crippen molar-refractivity contribution in [2.45, 2.75) is 32.9 Å². The SMILES string of the molecule is CC(C)NC(=O)CN(C)[C@@H](C)C(=O)Nc1ccc(C#N)cc1. The Hall–Kier alpha value is -2.39. The van der Waals surface area contributed by atoms with Crippen LogP contribution in [0.5, 0.6) is 0 Å². The maximum atomic E-state index is 12.2. The highest BCUT2D eigenvalue weighted by Gasteiger charge is 2.20. The Morgan fingerprint density at radius 2 is 1.82 bits per heavy atom. The van der Waals surface area contributed by atoms with E-state index in [0.29, 0.717) is 11.3 Å². The lowest BCUT2D eigenvalue weighted by Crippen LogP contribution is -2.45. The highest BCUT2D eigenvalue weighted by atomic mass is 16.2. The summed E-state index contributed by atoms with van der Waals surface area (Å²) in [4.78, 5) is 25.5. The fourth-order valence-electron chi connectivity index (χ4n) is 1.81. The van der Waals surface area contributed by atoms with Crippen molar-refractivity contribution < 1.29 is 9.59 Å². The van der Waals surface area contributed by atoms with Crippen LogP contribution < -0.4 is 10.6 Å². The number of carbonyl (C=O) groups excluding carboxylic acids is 2. The van der Waals surface area contributed by atoms with E-state index in [1.165, 1.54) is 0 Å². The van der Waals surface area contributed by atoms with E-state index >= 15 is 0 Å². The van der Waals surface area contributed by atoms with E-state index in [1.54, 1.807) is 43.1 Å². The van der Waals surface area contributed by atoms with Crippen LogP contribution in [0.4, 0.5) is 5.69 Å². The largest absolute Gasteiger partial charge is 0.353 e. The van der Waals surface area contributed by atoms with Gasteiger partial charge in [-0.2, -0.15) is 5.26 Å². The maximum absolute atomic E-state index is 12.2. The molecule has 0 radical (unpaired) electrons. The van der Waals surface area contributed by atoms with Gasteiger partial charge >= 0.3 is 0 Å². The van der Waals surface area contributed by atoms with Gasteiger partial charge in [0.15, 0.2) is 0 Å². The number of likely N-dealkylation sites (N-methyl/N-ethyl adjacent to an activating group) is 1. The summed E-state index contributed by atoms with van der Waals surface area (Å²) in [6, 6.07) is 8.27. The maximum Gasteiger partial charge on any atom is 0.241 e. The van der Waals surface area contributed by atoms with Crippen LogP contribution >= 0.6 is 0 Å². The van der Waals surface area contributed by atoms with Crippen molar-refractivity contribution in [3.05, 3.63) is 29.8 Å². The summed E-state index contributed by atoms with van der Waals surface area (Å²) in [5.74, 6) is -0.319. The molecule has 0 heterocycles. The minimum atomic E-state index is -0.450. The van der Waals surface area contributed by atoms with Gasteiger partial charge in [-0.15, -0.1) is 0 Å². The summed E-state index contributed by atoms with van der Waals surface area (Å²) in [5.41, 5.74) is 1.16. The van der Waals surface area contributed by atoms with Gasteiger partial charge in [-0.25, -0.2) is 0 Å². The molecular formula is C16H22N4O2. The first-order chi connectivity index (χ1) is 10.3. The van der Waals surface area contributed by atoms with Gasteiger partial charge in [-0.1, -0.05) is 0 Å². The molecule has 6 nitrogen and oxygen atoms in total. The molecule has 0 aliphatic heterocycles. The lowest BCUT2D eigenvalue weighted by atomic mass is 10.2. The minimum Gasteiger partial charge on any atom is -0.353 e. The van der Waals surface area contributed by atoms with Crippen molar-refractivity contribution in [3.63, 3.8) is 0 Å². The fraction of sp³-hybridized carbons (Fsp3) is 0.438. The molecule has 1 atom stereocenters. The van der Waals surface area contributed by atoms with Crippen molar-refractivity contribution in [1.82, 2.24) is 10.2 Å². The second-order valence-electron chi connectivity index (χ2n) is 5.49. The number of carbonyl (C=O) groups is 2. The Labute approximate surface area is 131 Å². The topological polar surface area (TPSA) is 85.2 Å². The highest BCUT2D eigenvalue weighted by molar-refractivity contribution is 5.95. The first-order valence-corrected chi connectivity index (χ1v) is 7.14. The molecule has 0 aliphatic carbocycles. The monoisotopic (exact) mass is 302 g/mol. The van der Waals surface area contributed by atoms with Gasteiger partial charge in [0.2, 0.25) is 11.8 Å². The van der Waals surface area contributed by atoms with E-state index in [0.717, 1.165) is 0 Å². The number of nitrogens with zero attached hydrogens (tertiary/aromatic N) is 2. The molecule has 2 amide bonds. The third-order valence-corrected chi connectivity index (χ3v) is 3.16. The zero-order chi connectivity index (χ0) is 16.7. The first kappa shape index (κ1) is 17.7. The molecule has 0 aromatic heterocycles. The molecule has 0 saturated carbocycles. The standard InChI is InChI=1S/C16H22N4O2/c1-11(2)18-15(21)10-20(4)12(3)16(22)19-14-7-5-13(9-17)6-8-14/h5-8,11-12H,10H2,1-4H3,(H,18,21)(H,19,22)/t12-/m0/s1. The molecule has 0 bridgehead atoms. The number of benzene rings is 1. The van der Waals surface area contributed by atoms with Crippen LogP contribution in [0.1, 0.15) is 26.3 Å². The van der Waals surface area contributed by atoms with E-state index in [9.17, 15) is 9.59 Å². The smallest absolute Gasteiger partial charge is 0.241 e. The van der Waals surface area contributed by atoms with Gasteiger partial charge in [0, 0.05) is 11.7 Å². The third kappa shape index (κ3) is 5.54. The second-order valence-corrected chi connectivity index (χ2v) is 5.49. The molecule has 0 fully saturated rings. The van der Waals surface area contributed by atoms with Crippen molar-refractivity contribution in [2.75, 3.05) is 18.9 Å². The van der Waals surface area contributed by atoms with Crippen LogP contribution in [-0.2, 0) is 9.59 Å². The summed E-state index contributed by atoms with van der Waals surface area (Å²) in [5, 5.41) is 14.3. The molecule has 2 N–H and O–H groups in total. The normalized spacial score (nSPS) is 11.9. The van der Waals surface area contributed by atoms with E-state index in [4.69, 9.17) is 5.26 Å². The average molecular weight is 302 g/mol. The fourth-order valence-corrected chi connectivity index (χ4v) is 1.81. The molecule has 6 heteroatoms. The molecule has 1 aromatic carbocycles. The van der Waals surface area contributed by atoms with Crippen LogP contribution in [0, 0.1) is 11.3 Å². The second kappa shape index (κ2) is 8.15. The number of hydrogen-bond acceptors (Lipinski definition) is 4. The molecular weight excluding hydrogens is 280 g/mol. The number of anilines is 1. The zero-order valence-electron chi connectivity index (χ0n) is 13.4. The van der Waals surface area contributed by atoms with Crippen molar-refractivity contribution in [1.29, 1.82) is 5.26 Å². The summed E-state index contributed by atoms with van der Waals surface area (Å²) < 4.78 is 0. The predicted molar refractivity (Wildman–Crippen MR) is 85.2 cm³/mol. The number of hydrogen-bond donors (Lipinski definition) is 2. The first-order valence-electron chi connectivity index (χ1n) is 7.14. The number of nitriles is 1. The average Bonchev–Trinajstić information content (AvgIpc) is 2.46. The van der Waals surface area contributed by atoms with E-state index in [-0.39, 0.29) is 24.4 Å². The molecule has 1 rings (SSSR count). The summed E-state index contributed by atoms with van der Waals surface area (Å²) in [6.07, 6.45) is 0. The number of rotatable bonds is 6. The number of nitrogens with one attached hydrogen (secondary N) is 2. The van der Waals surface area contributed by atoms with Gasteiger partial charge in [0.1, 0.15) is 0 Å². The van der Waals surface area contributed by atoms with E-state index in [1.807, 2.05) is 19.9 Å². The molecule has 0 spiro atoms. The van der Waals surface area contributed by atoms with Gasteiger partial charge < -0.3 is 10.6 Å². The summed E-state index contributed by atoms with van der Waals surface area (Å²) in [6.45, 7) is 5.67. The van der Waals surface area contributed by atoms with Crippen molar-refractivity contribution in [2.24, 2.45) is 0 Å². The Balaban J connectivity index is 2.56. The lowest BCUT2D eigenvalue weighted by molar-refractivity contribution is -0.125. The Bertz CT molecular complexity index is 561. The van der Waals surface area contributed by atoms with Gasteiger partial charge in [0.25, 0.3) is 0 Å². The van der Waals surface area contributed by atoms with Gasteiger partial charge in [0.05, 0.1) is 24.2 Å². The van der Waals surface area contributed by atoms with Crippen LogP contribution in [0.25, 0.3) is 0 Å². The summed E-state index contributed by atoms with van der Waals surface area (Å²) in [7, 11) is 1.73. The van der Waals surface area contributed by atoms with Crippen LogP contribution in [0.15, 0.2) is 24.3 Å².